The van der Waals surface area contributed by atoms with E-state index >= 15 is 0 Å². The maximum Gasteiger partial charge on any atom is 0.573 e. The predicted octanol–water partition coefficient (Wildman–Crippen LogP) is 4.00. The monoisotopic (exact) mass is 431 g/mol. The summed E-state index contributed by atoms with van der Waals surface area (Å²) in [5, 5.41) is 2.61. The van der Waals surface area contributed by atoms with Gasteiger partial charge in [-0.15, -0.1) is 13.2 Å². The Kier molecular flexibility index (Phi) is 5.12. The number of para-hydroxylation sites is 2. The van der Waals surface area contributed by atoms with Gasteiger partial charge in [-0.05, 0) is 45.8 Å². The topological polar surface area (TPSA) is 78.1 Å². The zero-order valence-electron chi connectivity index (χ0n) is 13.1. The van der Waals surface area contributed by atoms with Gasteiger partial charge in [0.05, 0.1) is 16.7 Å². The molecule has 0 aliphatic carbocycles. The Hall–Kier alpha value is -2.62. The number of nitrogens with one attached hydrogen (secondary N) is 1. The SMILES string of the molecule is NC(=NCc1cc(Br)c2c(c1)OCO2)Nc1ccccc1OC(F)(F)F. The highest BCUT2D eigenvalue weighted by molar-refractivity contribution is 9.10. The van der Waals surface area contributed by atoms with Crippen LogP contribution >= 0.6 is 15.9 Å². The van der Waals surface area contributed by atoms with E-state index in [2.05, 4.69) is 31.0 Å². The van der Waals surface area contributed by atoms with E-state index in [9.17, 15) is 13.2 Å². The summed E-state index contributed by atoms with van der Waals surface area (Å²) in [4.78, 5) is 4.12. The van der Waals surface area contributed by atoms with Gasteiger partial charge in [-0.25, -0.2) is 4.99 Å². The number of benzene rings is 2. The van der Waals surface area contributed by atoms with Crippen LogP contribution in [0.4, 0.5) is 18.9 Å². The molecule has 3 rings (SSSR count). The van der Waals surface area contributed by atoms with Crippen molar-refractivity contribution in [3.8, 4) is 17.2 Å². The van der Waals surface area contributed by atoms with Crippen molar-refractivity contribution in [2.45, 2.75) is 12.9 Å². The van der Waals surface area contributed by atoms with Crippen LogP contribution < -0.4 is 25.3 Å². The van der Waals surface area contributed by atoms with Crippen molar-refractivity contribution < 1.29 is 27.4 Å². The van der Waals surface area contributed by atoms with E-state index in [1.165, 1.54) is 18.2 Å². The molecule has 0 saturated carbocycles. The fourth-order valence-corrected chi connectivity index (χ4v) is 2.85. The Morgan fingerprint density at radius 2 is 2.04 bits per heavy atom. The molecule has 2 aromatic rings. The predicted molar refractivity (Wildman–Crippen MR) is 92.3 cm³/mol. The van der Waals surface area contributed by atoms with Crippen molar-refractivity contribution >= 4 is 27.6 Å². The molecule has 0 unspecified atom stereocenters. The van der Waals surface area contributed by atoms with E-state index in [-0.39, 0.29) is 25.0 Å². The van der Waals surface area contributed by atoms with Crippen LogP contribution in [0, 0.1) is 0 Å². The number of ether oxygens (including phenoxy) is 3. The van der Waals surface area contributed by atoms with Crippen LogP contribution in [0.5, 0.6) is 17.2 Å². The zero-order chi connectivity index (χ0) is 18.7. The summed E-state index contributed by atoms with van der Waals surface area (Å²) in [7, 11) is 0. The number of alkyl halides is 3. The van der Waals surface area contributed by atoms with Gasteiger partial charge in [0.1, 0.15) is 0 Å². The standard InChI is InChI=1S/C16H13BrF3N3O3/c17-10-5-9(6-13-14(10)25-8-24-13)7-22-15(21)23-11-3-1-2-4-12(11)26-16(18,19)20/h1-6H,7-8H2,(H3,21,22,23). The van der Waals surface area contributed by atoms with Crippen LogP contribution in [-0.2, 0) is 6.54 Å². The molecule has 0 atom stereocenters. The molecule has 0 aromatic heterocycles. The Labute approximate surface area is 154 Å². The van der Waals surface area contributed by atoms with Crippen LogP contribution in [-0.4, -0.2) is 19.1 Å². The van der Waals surface area contributed by atoms with Crippen molar-refractivity contribution in [2.24, 2.45) is 10.7 Å². The minimum Gasteiger partial charge on any atom is -0.454 e. The number of hydrogen-bond acceptors (Lipinski definition) is 4. The molecule has 138 valence electrons. The Morgan fingerprint density at radius 3 is 2.81 bits per heavy atom. The van der Waals surface area contributed by atoms with Gasteiger partial charge in [-0.2, -0.15) is 0 Å². The van der Waals surface area contributed by atoms with Crippen LogP contribution in [0.2, 0.25) is 0 Å². The van der Waals surface area contributed by atoms with Crippen LogP contribution in [0.1, 0.15) is 5.56 Å². The minimum atomic E-state index is -4.80. The first kappa shape index (κ1) is 18.2. The molecule has 2 aromatic carbocycles. The number of nitrogens with zero attached hydrogens (tertiary/aromatic N) is 1. The van der Waals surface area contributed by atoms with Crippen molar-refractivity contribution in [1.29, 1.82) is 0 Å². The molecular formula is C16H13BrF3N3O3. The summed E-state index contributed by atoms with van der Waals surface area (Å²) in [5.74, 6) is 0.739. The first-order chi connectivity index (χ1) is 12.3. The lowest BCUT2D eigenvalue weighted by molar-refractivity contribution is -0.274. The van der Waals surface area contributed by atoms with Crippen LogP contribution in [0.25, 0.3) is 0 Å². The van der Waals surface area contributed by atoms with Crippen molar-refractivity contribution in [2.75, 3.05) is 12.1 Å². The number of rotatable bonds is 4. The molecule has 1 heterocycles. The molecule has 0 amide bonds. The summed E-state index contributed by atoms with van der Waals surface area (Å²) in [5.41, 5.74) is 6.61. The lowest BCUT2D eigenvalue weighted by Crippen LogP contribution is -2.24. The third kappa shape index (κ3) is 4.51. The van der Waals surface area contributed by atoms with Gasteiger partial charge < -0.3 is 25.3 Å². The van der Waals surface area contributed by atoms with Crippen molar-refractivity contribution in [3.63, 3.8) is 0 Å². The van der Waals surface area contributed by atoms with Gasteiger partial charge in [0, 0.05) is 0 Å². The van der Waals surface area contributed by atoms with Crippen molar-refractivity contribution in [3.05, 3.63) is 46.4 Å². The van der Waals surface area contributed by atoms with Crippen LogP contribution in [0.3, 0.4) is 0 Å². The summed E-state index contributed by atoms with van der Waals surface area (Å²) in [6, 6.07) is 9.10. The summed E-state index contributed by atoms with van der Waals surface area (Å²) >= 11 is 3.37. The Balaban J connectivity index is 1.71. The molecule has 10 heteroatoms. The number of aliphatic imine (C=N–C) groups is 1. The second-order valence-corrected chi connectivity index (χ2v) is 6.04. The van der Waals surface area contributed by atoms with Gasteiger partial charge in [0.25, 0.3) is 0 Å². The van der Waals surface area contributed by atoms with E-state index in [1.807, 2.05) is 0 Å². The van der Waals surface area contributed by atoms with E-state index in [0.717, 1.165) is 5.56 Å². The van der Waals surface area contributed by atoms with Gasteiger partial charge in [-0.3, -0.25) is 0 Å². The molecule has 0 saturated heterocycles. The molecule has 26 heavy (non-hydrogen) atoms. The average molecular weight is 432 g/mol. The molecular weight excluding hydrogens is 419 g/mol. The van der Waals surface area contributed by atoms with Crippen LogP contribution in [0.15, 0.2) is 45.9 Å². The fraction of sp³-hybridized carbons (Fsp3) is 0.188. The van der Waals surface area contributed by atoms with Gasteiger partial charge in [0.2, 0.25) is 6.79 Å². The van der Waals surface area contributed by atoms with E-state index in [0.29, 0.717) is 16.0 Å². The first-order valence-corrected chi connectivity index (χ1v) is 8.11. The smallest absolute Gasteiger partial charge is 0.454 e. The van der Waals surface area contributed by atoms with Gasteiger partial charge in [0.15, 0.2) is 23.2 Å². The molecule has 1 aliphatic heterocycles. The zero-order valence-corrected chi connectivity index (χ0v) is 14.7. The molecule has 3 N–H and O–H groups in total. The highest BCUT2D eigenvalue weighted by atomic mass is 79.9. The van der Waals surface area contributed by atoms with E-state index < -0.39 is 12.1 Å². The molecule has 0 radical (unpaired) electrons. The number of guanidine groups is 1. The highest BCUT2D eigenvalue weighted by Gasteiger charge is 2.32. The summed E-state index contributed by atoms with van der Waals surface area (Å²) in [6.07, 6.45) is -4.80. The average Bonchev–Trinajstić information content (AvgIpc) is 3.03. The molecule has 0 spiro atoms. The second-order valence-electron chi connectivity index (χ2n) is 5.18. The van der Waals surface area contributed by atoms with Gasteiger partial charge in [-0.1, -0.05) is 12.1 Å². The quantitative estimate of drug-likeness (QED) is 0.564. The summed E-state index contributed by atoms with van der Waals surface area (Å²) in [6.45, 7) is 0.330. The minimum absolute atomic E-state index is 0.0537. The number of nitrogens with two attached hydrogens (primary N) is 1. The largest absolute Gasteiger partial charge is 0.573 e. The lowest BCUT2D eigenvalue weighted by Gasteiger charge is -2.14. The van der Waals surface area contributed by atoms with Gasteiger partial charge >= 0.3 is 6.36 Å². The summed E-state index contributed by atoms with van der Waals surface area (Å²) < 4.78 is 52.6. The number of halogens is 4. The highest BCUT2D eigenvalue weighted by Crippen LogP contribution is 2.40. The molecule has 1 aliphatic rings. The fourth-order valence-electron chi connectivity index (χ4n) is 2.25. The van der Waals surface area contributed by atoms with E-state index in [1.54, 1.807) is 18.2 Å². The molecule has 0 bridgehead atoms. The Morgan fingerprint density at radius 1 is 1.27 bits per heavy atom. The second kappa shape index (κ2) is 7.32. The number of anilines is 1. The lowest BCUT2D eigenvalue weighted by atomic mass is 10.2. The maximum absolute atomic E-state index is 12.4. The number of fused-ring (bicyclic) bond motifs is 1. The maximum atomic E-state index is 12.4. The normalized spacial score (nSPS) is 13.6. The first-order valence-electron chi connectivity index (χ1n) is 7.31. The van der Waals surface area contributed by atoms with E-state index in [4.69, 9.17) is 15.2 Å². The Bertz CT molecular complexity index is 843. The third-order valence-electron chi connectivity index (χ3n) is 3.29. The third-order valence-corrected chi connectivity index (χ3v) is 3.88. The molecule has 0 fully saturated rings. The van der Waals surface area contributed by atoms with Crippen molar-refractivity contribution in [1.82, 2.24) is 0 Å². The number of hydrogen-bond donors (Lipinski definition) is 2. The molecule has 6 nitrogen and oxygen atoms in total.